The SMILES string of the molecule is C=CC(=O)Oc1c(C)ncc(C=O)c1CNC. The highest BCUT2D eigenvalue weighted by Crippen LogP contribution is 2.24. The zero-order valence-electron chi connectivity index (χ0n) is 9.82. The van der Waals surface area contributed by atoms with Crippen LogP contribution in [0.5, 0.6) is 5.75 Å². The third-order valence-electron chi connectivity index (χ3n) is 2.20. The van der Waals surface area contributed by atoms with E-state index in [4.69, 9.17) is 4.74 Å². The van der Waals surface area contributed by atoms with Gasteiger partial charge in [0.25, 0.3) is 0 Å². The molecular weight excluding hydrogens is 220 g/mol. The van der Waals surface area contributed by atoms with Crippen LogP contribution in [0.25, 0.3) is 0 Å². The Morgan fingerprint density at radius 3 is 2.88 bits per heavy atom. The molecule has 1 rings (SSSR count). The monoisotopic (exact) mass is 234 g/mol. The first-order valence-corrected chi connectivity index (χ1v) is 5.06. The summed E-state index contributed by atoms with van der Waals surface area (Å²) in [5.41, 5.74) is 1.57. The van der Waals surface area contributed by atoms with Crippen molar-refractivity contribution in [2.75, 3.05) is 7.05 Å². The maximum absolute atomic E-state index is 11.2. The number of pyridine rings is 1. The van der Waals surface area contributed by atoms with Gasteiger partial charge in [0.15, 0.2) is 12.0 Å². The second-order valence-electron chi connectivity index (χ2n) is 3.38. The number of hydrogen-bond donors (Lipinski definition) is 1. The fraction of sp³-hybridized carbons (Fsp3) is 0.250. The van der Waals surface area contributed by atoms with Gasteiger partial charge in [-0.1, -0.05) is 6.58 Å². The number of aryl methyl sites for hydroxylation is 1. The van der Waals surface area contributed by atoms with Gasteiger partial charge in [0.05, 0.1) is 5.69 Å². The number of nitrogens with one attached hydrogen (secondary N) is 1. The largest absolute Gasteiger partial charge is 0.421 e. The molecule has 0 spiro atoms. The van der Waals surface area contributed by atoms with Crippen molar-refractivity contribution in [1.82, 2.24) is 10.3 Å². The molecule has 0 aliphatic rings. The highest BCUT2D eigenvalue weighted by Gasteiger charge is 2.15. The predicted octanol–water partition coefficient (Wildman–Crippen LogP) is 1.01. The van der Waals surface area contributed by atoms with Crippen LogP contribution in [-0.4, -0.2) is 24.3 Å². The van der Waals surface area contributed by atoms with Gasteiger partial charge in [-0.2, -0.15) is 0 Å². The maximum atomic E-state index is 11.2. The first kappa shape index (κ1) is 13.1. The normalized spacial score (nSPS) is 9.76. The van der Waals surface area contributed by atoms with Gasteiger partial charge in [-0.15, -0.1) is 0 Å². The van der Waals surface area contributed by atoms with Gasteiger partial charge >= 0.3 is 5.97 Å². The van der Waals surface area contributed by atoms with Gasteiger partial charge in [-0.3, -0.25) is 9.78 Å². The van der Waals surface area contributed by atoms with E-state index in [9.17, 15) is 9.59 Å². The fourth-order valence-electron chi connectivity index (χ4n) is 1.39. The molecule has 0 amide bonds. The van der Waals surface area contributed by atoms with Crippen LogP contribution < -0.4 is 10.1 Å². The van der Waals surface area contributed by atoms with Crippen LogP contribution in [0.1, 0.15) is 21.6 Å². The molecule has 0 saturated heterocycles. The van der Waals surface area contributed by atoms with Gasteiger partial charge in [0.1, 0.15) is 0 Å². The van der Waals surface area contributed by atoms with Crippen LogP contribution in [0.4, 0.5) is 0 Å². The molecule has 1 aromatic heterocycles. The number of carbonyl (C=O) groups is 2. The Balaban J connectivity index is 3.27. The first-order valence-electron chi connectivity index (χ1n) is 5.06. The number of aromatic nitrogens is 1. The third kappa shape index (κ3) is 2.98. The molecule has 0 fully saturated rings. The molecule has 0 aromatic carbocycles. The Bertz CT molecular complexity index is 455. The van der Waals surface area contributed by atoms with Crippen molar-refractivity contribution >= 4 is 12.3 Å². The summed E-state index contributed by atoms with van der Waals surface area (Å²) < 4.78 is 5.10. The van der Waals surface area contributed by atoms with Crippen molar-refractivity contribution in [1.29, 1.82) is 0 Å². The van der Waals surface area contributed by atoms with E-state index in [1.165, 1.54) is 6.20 Å². The Labute approximate surface area is 99.5 Å². The third-order valence-corrected chi connectivity index (χ3v) is 2.20. The zero-order chi connectivity index (χ0) is 12.8. The molecule has 5 heteroatoms. The molecule has 1 heterocycles. The quantitative estimate of drug-likeness (QED) is 0.468. The minimum Gasteiger partial charge on any atom is -0.421 e. The average Bonchev–Trinajstić information content (AvgIpc) is 2.34. The molecule has 0 atom stereocenters. The summed E-state index contributed by atoms with van der Waals surface area (Å²) in [5, 5.41) is 2.91. The molecule has 0 radical (unpaired) electrons. The molecule has 17 heavy (non-hydrogen) atoms. The second kappa shape index (κ2) is 5.91. The van der Waals surface area contributed by atoms with E-state index in [0.717, 1.165) is 6.08 Å². The zero-order valence-corrected chi connectivity index (χ0v) is 9.82. The minimum absolute atomic E-state index is 0.314. The molecule has 90 valence electrons. The van der Waals surface area contributed by atoms with Crippen LogP contribution in [0, 0.1) is 6.92 Å². The lowest BCUT2D eigenvalue weighted by atomic mass is 10.1. The molecule has 5 nitrogen and oxygen atoms in total. The fourth-order valence-corrected chi connectivity index (χ4v) is 1.39. The second-order valence-corrected chi connectivity index (χ2v) is 3.38. The van der Waals surface area contributed by atoms with E-state index in [2.05, 4.69) is 16.9 Å². The molecular formula is C12H14N2O3. The van der Waals surface area contributed by atoms with Crippen molar-refractivity contribution < 1.29 is 14.3 Å². The summed E-state index contributed by atoms with van der Waals surface area (Å²) in [7, 11) is 1.74. The van der Waals surface area contributed by atoms with Crippen LogP contribution in [0.15, 0.2) is 18.9 Å². The summed E-state index contributed by atoms with van der Waals surface area (Å²) >= 11 is 0. The molecule has 0 bridgehead atoms. The van der Waals surface area contributed by atoms with Crippen molar-refractivity contribution in [2.45, 2.75) is 13.5 Å². The molecule has 0 unspecified atom stereocenters. The summed E-state index contributed by atoms with van der Waals surface area (Å²) in [5.74, 6) is -0.260. The van der Waals surface area contributed by atoms with Crippen LogP contribution in [0.2, 0.25) is 0 Å². The van der Waals surface area contributed by atoms with E-state index in [0.29, 0.717) is 35.4 Å². The van der Waals surface area contributed by atoms with Crippen LogP contribution in [-0.2, 0) is 11.3 Å². The first-order chi connectivity index (χ1) is 8.13. The van der Waals surface area contributed by atoms with Crippen molar-refractivity contribution in [3.05, 3.63) is 35.7 Å². The smallest absolute Gasteiger partial charge is 0.335 e. The summed E-state index contributed by atoms with van der Waals surface area (Å²) in [6.07, 6.45) is 3.21. The number of carbonyl (C=O) groups excluding carboxylic acids is 2. The van der Waals surface area contributed by atoms with Crippen molar-refractivity contribution in [3.8, 4) is 5.75 Å². The molecule has 0 aliphatic carbocycles. The number of rotatable bonds is 5. The van der Waals surface area contributed by atoms with E-state index in [1.807, 2.05) is 0 Å². The Morgan fingerprint density at radius 1 is 1.65 bits per heavy atom. The van der Waals surface area contributed by atoms with Gasteiger partial charge < -0.3 is 10.1 Å². The summed E-state index contributed by atoms with van der Waals surface area (Å²) in [4.78, 5) is 26.1. The summed E-state index contributed by atoms with van der Waals surface area (Å²) in [6, 6.07) is 0. The lowest BCUT2D eigenvalue weighted by Gasteiger charge is -2.12. The Morgan fingerprint density at radius 2 is 2.35 bits per heavy atom. The van der Waals surface area contributed by atoms with E-state index in [-0.39, 0.29) is 0 Å². The van der Waals surface area contributed by atoms with E-state index >= 15 is 0 Å². The number of ether oxygens (including phenoxy) is 1. The average molecular weight is 234 g/mol. The Hall–Kier alpha value is -2.01. The van der Waals surface area contributed by atoms with Gasteiger partial charge in [0, 0.05) is 29.9 Å². The van der Waals surface area contributed by atoms with E-state index in [1.54, 1.807) is 14.0 Å². The predicted molar refractivity (Wildman–Crippen MR) is 63.0 cm³/mol. The standard InChI is InChI=1S/C12H14N2O3/c1-4-11(16)17-12-8(2)14-5-9(7-15)10(12)6-13-3/h4-5,7,13H,1,6H2,2-3H3. The lowest BCUT2D eigenvalue weighted by Crippen LogP contribution is -2.14. The van der Waals surface area contributed by atoms with Gasteiger partial charge in [0.2, 0.25) is 0 Å². The number of aldehydes is 1. The van der Waals surface area contributed by atoms with Crippen molar-refractivity contribution in [3.63, 3.8) is 0 Å². The number of hydrogen-bond acceptors (Lipinski definition) is 5. The van der Waals surface area contributed by atoms with Crippen LogP contribution >= 0.6 is 0 Å². The lowest BCUT2D eigenvalue weighted by molar-refractivity contribution is -0.129. The topological polar surface area (TPSA) is 68.3 Å². The summed E-state index contributed by atoms with van der Waals surface area (Å²) in [6.45, 7) is 5.45. The van der Waals surface area contributed by atoms with Gasteiger partial charge in [-0.25, -0.2) is 4.79 Å². The molecule has 1 aromatic rings. The van der Waals surface area contributed by atoms with Gasteiger partial charge in [-0.05, 0) is 14.0 Å². The molecule has 0 saturated carbocycles. The highest BCUT2D eigenvalue weighted by atomic mass is 16.5. The molecule has 1 N–H and O–H groups in total. The highest BCUT2D eigenvalue weighted by molar-refractivity contribution is 5.85. The van der Waals surface area contributed by atoms with Crippen LogP contribution in [0.3, 0.4) is 0 Å². The number of nitrogens with zero attached hydrogens (tertiary/aromatic N) is 1. The Kier molecular flexibility index (Phi) is 4.54. The number of esters is 1. The van der Waals surface area contributed by atoms with E-state index < -0.39 is 5.97 Å². The maximum Gasteiger partial charge on any atom is 0.335 e. The van der Waals surface area contributed by atoms with Crippen molar-refractivity contribution in [2.24, 2.45) is 0 Å². The minimum atomic E-state index is -0.574. The molecule has 0 aliphatic heterocycles.